The predicted molar refractivity (Wildman–Crippen MR) is 61.8 cm³/mol. The molecule has 0 fully saturated rings. The van der Waals surface area contributed by atoms with Crippen LogP contribution in [0.15, 0.2) is 36.9 Å². The van der Waals surface area contributed by atoms with E-state index in [-0.39, 0.29) is 5.91 Å². The van der Waals surface area contributed by atoms with Crippen molar-refractivity contribution in [3.8, 4) is 0 Å². The van der Waals surface area contributed by atoms with E-state index >= 15 is 0 Å². The molecule has 0 aliphatic carbocycles. The highest BCUT2D eigenvalue weighted by atomic mass is 16.7. The molecule has 0 bridgehead atoms. The monoisotopic (exact) mass is 217 g/mol. The predicted octanol–water partition coefficient (Wildman–Crippen LogP) is 2.50. The minimum absolute atomic E-state index is 0.0974. The molecule has 2 rings (SSSR count). The van der Waals surface area contributed by atoms with Gasteiger partial charge in [0.15, 0.2) is 0 Å². The Hall–Kier alpha value is -1.61. The van der Waals surface area contributed by atoms with Gasteiger partial charge in [0.25, 0.3) is 5.91 Å². The van der Waals surface area contributed by atoms with Crippen LogP contribution in [0.5, 0.6) is 0 Å². The highest BCUT2D eigenvalue weighted by Crippen LogP contribution is 2.42. The van der Waals surface area contributed by atoms with Crippen molar-refractivity contribution in [2.24, 2.45) is 0 Å². The van der Waals surface area contributed by atoms with Gasteiger partial charge in [-0.3, -0.25) is 9.63 Å². The Morgan fingerprint density at radius 3 is 2.75 bits per heavy atom. The van der Waals surface area contributed by atoms with Crippen molar-refractivity contribution < 1.29 is 9.63 Å². The van der Waals surface area contributed by atoms with Crippen LogP contribution >= 0.6 is 0 Å². The molecule has 1 aliphatic rings. The summed E-state index contributed by atoms with van der Waals surface area (Å²) in [6.45, 7) is 5.86. The van der Waals surface area contributed by atoms with Crippen LogP contribution in [-0.2, 0) is 10.4 Å². The normalized spacial score (nSPS) is 23.4. The van der Waals surface area contributed by atoms with Crippen LogP contribution in [0, 0.1) is 0 Å². The highest BCUT2D eigenvalue weighted by Gasteiger charge is 2.47. The topological polar surface area (TPSA) is 29.5 Å². The molecule has 0 spiro atoms. The van der Waals surface area contributed by atoms with Gasteiger partial charge in [0.05, 0.1) is 7.11 Å². The summed E-state index contributed by atoms with van der Waals surface area (Å²) in [5, 5.41) is 1.41. The molecule has 0 saturated heterocycles. The van der Waals surface area contributed by atoms with Gasteiger partial charge in [-0.2, -0.15) is 0 Å². The van der Waals surface area contributed by atoms with Gasteiger partial charge in [-0.15, -0.1) is 6.58 Å². The van der Waals surface area contributed by atoms with Gasteiger partial charge in [-0.25, -0.2) is 5.06 Å². The molecule has 0 unspecified atom stereocenters. The second kappa shape index (κ2) is 3.76. The summed E-state index contributed by atoms with van der Waals surface area (Å²) in [7, 11) is 1.51. The second-order valence-corrected chi connectivity index (χ2v) is 3.81. The van der Waals surface area contributed by atoms with E-state index in [1.54, 1.807) is 6.08 Å². The fourth-order valence-corrected chi connectivity index (χ4v) is 2.36. The zero-order valence-corrected chi connectivity index (χ0v) is 9.56. The molecule has 0 N–H and O–H groups in total. The molecule has 0 aromatic heterocycles. The van der Waals surface area contributed by atoms with Crippen LogP contribution in [-0.4, -0.2) is 18.1 Å². The Morgan fingerprint density at radius 1 is 1.50 bits per heavy atom. The van der Waals surface area contributed by atoms with Gasteiger partial charge in [-0.1, -0.05) is 31.2 Å². The summed E-state index contributed by atoms with van der Waals surface area (Å²) in [5.41, 5.74) is 1.15. The van der Waals surface area contributed by atoms with E-state index in [2.05, 4.69) is 6.58 Å². The Bertz CT molecular complexity index is 441. The molecule has 84 valence electrons. The number of amides is 1. The van der Waals surface area contributed by atoms with Crippen LogP contribution in [0.25, 0.3) is 0 Å². The van der Waals surface area contributed by atoms with Gasteiger partial charge in [0.1, 0.15) is 5.54 Å². The molecule has 1 aromatic rings. The SMILES string of the molecule is C=C[C@@]1(CC)c2ccccc2C(=O)N1OC. The van der Waals surface area contributed by atoms with Crippen molar-refractivity contribution in [1.82, 2.24) is 5.06 Å². The zero-order chi connectivity index (χ0) is 11.8. The average molecular weight is 217 g/mol. The number of hydroxylamine groups is 2. The van der Waals surface area contributed by atoms with E-state index in [4.69, 9.17) is 4.84 Å². The minimum Gasteiger partial charge on any atom is -0.273 e. The smallest absolute Gasteiger partial charge is 0.273 e. The highest BCUT2D eigenvalue weighted by molar-refractivity contribution is 5.99. The number of carbonyl (C=O) groups is 1. The molecule has 1 heterocycles. The summed E-state index contributed by atoms with van der Waals surface area (Å²) in [5.74, 6) is -0.0974. The lowest BCUT2D eigenvalue weighted by atomic mass is 9.88. The van der Waals surface area contributed by atoms with Gasteiger partial charge in [0, 0.05) is 5.56 Å². The first-order valence-electron chi connectivity index (χ1n) is 5.33. The third-order valence-electron chi connectivity index (χ3n) is 3.23. The van der Waals surface area contributed by atoms with E-state index in [1.165, 1.54) is 12.2 Å². The van der Waals surface area contributed by atoms with E-state index in [1.807, 2.05) is 31.2 Å². The number of benzene rings is 1. The number of fused-ring (bicyclic) bond motifs is 1. The Balaban J connectivity index is 2.68. The van der Waals surface area contributed by atoms with E-state index in [0.29, 0.717) is 5.56 Å². The van der Waals surface area contributed by atoms with Crippen molar-refractivity contribution in [2.45, 2.75) is 18.9 Å². The molecule has 1 amide bonds. The molecular formula is C13H15NO2. The number of hydrogen-bond donors (Lipinski definition) is 0. The number of carbonyl (C=O) groups excluding carboxylic acids is 1. The maximum absolute atomic E-state index is 12.1. The molecule has 3 nitrogen and oxygen atoms in total. The number of hydrogen-bond acceptors (Lipinski definition) is 2. The molecular weight excluding hydrogens is 202 g/mol. The molecule has 1 atom stereocenters. The first-order chi connectivity index (χ1) is 7.71. The number of nitrogens with zero attached hydrogens (tertiary/aromatic N) is 1. The molecule has 3 heteroatoms. The van der Waals surface area contributed by atoms with Gasteiger partial charge in [0.2, 0.25) is 0 Å². The number of rotatable bonds is 3. The van der Waals surface area contributed by atoms with Crippen LogP contribution in [0.2, 0.25) is 0 Å². The third kappa shape index (κ3) is 1.15. The molecule has 1 aromatic carbocycles. The largest absolute Gasteiger partial charge is 0.278 e. The third-order valence-corrected chi connectivity index (χ3v) is 3.23. The molecule has 16 heavy (non-hydrogen) atoms. The van der Waals surface area contributed by atoms with E-state index in [0.717, 1.165) is 12.0 Å². The Morgan fingerprint density at radius 2 is 2.19 bits per heavy atom. The van der Waals surface area contributed by atoms with E-state index in [9.17, 15) is 4.79 Å². The summed E-state index contributed by atoms with van der Waals surface area (Å²) in [6.07, 6.45) is 2.52. The van der Waals surface area contributed by atoms with Crippen LogP contribution in [0.3, 0.4) is 0 Å². The van der Waals surface area contributed by atoms with Crippen molar-refractivity contribution in [2.75, 3.05) is 7.11 Å². The average Bonchev–Trinajstić information content (AvgIpc) is 2.59. The first kappa shape index (κ1) is 10.9. The fraction of sp³-hybridized carbons (Fsp3) is 0.308. The quantitative estimate of drug-likeness (QED) is 0.728. The van der Waals surface area contributed by atoms with Gasteiger partial charge in [-0.05, 0) is 18.1 Å². The summed E-state index contributed by atoms with van der Waals surface area (Å²) in [4.78, 5) is 17.3. The van der Waals surface area contributed by atoms with Crippen LogP contribution < -0.4 is 0 Å². The Kier molecular flexibility index (Phi) is 2.56. The van der Waals surface area contributed by atoms with Crippen molar-refractivity contribution in [1.29, 1.82) is 0 Å². The molecule has 0 radical (unpaired) electrons. The van der Waals surface area contributed by atoms with Crippen LogP contribution in [0.1, 0.15) is 29.3 Å². The van der Waals surface area contributed by atoms with Gasteiger partial charge < -0.3 is 0 Å². The lowest BCUT2D eigenvalue weighted by Gasteiger charge is -2.33. The van der Waals surface area contributed by atoms with Crippen molar-refractivity contribution >= 4 is 5.91 Å². The van der Waals surface area contributed by atoms with Crippen LogP contribution in [0.4, 0.5) is 0 Å². The summed E-state index contributed by atoms with van der Waals surface area (Å²) >= 11 is 0. The zero-order valence-electron chi connectivity index (χ0n) is 9.56. The van der Waals surface area contributed by atoms with E-state index < -0.39 is 5.54 Å². The van der Waals surface area contributed by atoms with Crippen molar-refractivity contribution in [3.63, 3.8) is 0 Å². The second-order valence-electron chi connectivity index (χ2n) is 3.81. The first-order valence-corrected chi connectivity index (χ1v) is 5.33. The fourth-order valence-electron chi connectivity index (χ4n) is 2.36. The molecule has 1 aliphatic heterocycles. The minimum atomic E-state index is -0.525. The standard InChI is InChI=1S/C13H15NO2/c1-4-13(5-2)11-9-7-6-8-10(11)12(15)14(13)16-3/h4,6-9H,1,5H2,2-3H3/t13-/m1/s1. The Labute approximate surface area is 95.3 Å². The van der Waals surface area contributed by atoms with Crippen molar-refractivity contribution in [3.05, 3.63) is 48.0 Å². The van der Waals surface area contributed by atoms with Gasteiger partial charge >= 0.3 is 0 Å². The lowest BCUT2D eigenvalue weighted by molar-refractivity contribution is -0.145. The summed E-state index contributed by atoms with van der Waals surface area (Å²) in [6, 6.07) is 7.57. The maximum atomic E-state index is 12.1. The summed E-state index contributed by atoms with van der Waals surface area (Å²) < 4.78 is 0. The maximum Gasteiger partial charge on any atom is 0.278 e. The molecule has 0 saturated carbocycles. The lowest BCUT2D eigenvalue weighted by Crippen LogP contribution is -2.40.